The van der Waals surface area contributed by atoms with Gasteiger partial charge in [-0.1, -0.05) is 30.7 Å². The van der Waals surface area contributed by atoms with E-state index in [1.54, 1.807) is 29.1 Å². The molecular formula is C14H16ClN3O2. The third kappa shape index (κ3) is 3.74. The molecule has 0 aliphatic heterocycles. The number of aromatic nitrogens is 2. The molecule has 20 heavy (non-hydrogen) atoms. The largest absolute Gasteiger partial charge is 0.470 e. The van der Waals surface area contributed by atoms with Gasteiger partial charge in [0.25, 0.3) is 5.91 Å². The molecule has 6 heteroatoms. The first kappa shape index (κ1) is 14.4. The zero-order chi connectivity index (χ0) is 14.4. The number of ether oxygens (including phenoxy) is 1. The molecular weight excluding hydrogens is 278 g/mol. The lowest BCUT2D eigenvalue weighted by atomic mass is 10.3. The van der Waals surface area contributed by atoms with Gasteiger partial charge < -0.3 is 10.1 Å². The first-order valence-corrected chi connectivity index (χ1v) is 6.77. The predicted molar refractivity (Wildman–Crippen MR) is 76.9 cm³/mol. The van der Waals surface area contributed by atoms with Gasteiger partial charge in [0.15, 0.2) is 6.73 Å². The van der Waals surface area contributed by atoms with Crippen molar-refractivity contribution in [1.82, 2.24) is 15.1 Å². The standard InChI is InChI=1S/C14H16ClN3O2/c1-2-8-16-14(19)12-7-9-18(17-12)10-20-13-6-4-3-5-11(13)15/h3-7,9H,2,8,10H2,1H3,(H,16,19). The average Bonchev–Trinajstić information content (AvgIpc) is 2.93. The van der Waals surface area contributed by atoms with Crippen LogP contribution in [0.3, 0.4) is 0 Å². The van der Waals surface area contributed by atoms with Crippen LogP contribution in [0.5, 0.6) is 5.75 Å². The zero-order valence-electron chi connectivity index (χ0n) is 11.2. The minimum absolute atomic E-state index is 0.177. The van der Waals surface area contributed by atoms with Crippen LogP contribution in [-0.4, -0.2) is 22.2 Å². The van der Waals surface area contributed by atoms with Crippen LogP contribution in [-0.2, 0) is 6.73 Å². The Morgan fingerprint density at radius 2 is 2.20 bits per heavy atom. The van der Waals surface area contributed by atoms with Crippen LogP contribution >= 0.6 is 11.6 Å². The third-order valence-electron chi connectivity index (χ3n) is 2.60. The van der Waals surface area contributed by atoms with E-state index in [4.69, 9.17) is 16.3 Å². The average molecular weight is 294 g/mol. The van der Waals surface area contributed by atoms with Crippen molar-refractivity contribution < 1.29 is 9.53 Å². The molecule has 1 N–H and O–H groups in total. The molecule has 0 aliphatic carbocycles. The van der Waals surface area contributed by atoms with Gasteiger partial charge in [-0.3, -0.25) is 4.79 Å². The number of hydrogen-bond donors (Lipinski definition) is 1. The molecule has 0 unspecified atom stereocenters. The number of hydrogen-bond acceptors (Lipinski definition) is 3. The summed E-state index contributed by atoms with van der Waals surface area (Å²) in [6.07, 6.45) is 2.58. The summed E-state index contributed by atoms with van der Waals surface area (Å²) in [6.45, 7) is 2.84. The summed E-state index contributed by atoms with van der Waals surface area (Å²) in [5.74, 6) is 0.407. The monoisotopic (exact) mass is 293 g/mol. The fourth-order valence-electron chi connectivity index (χ4n) is 1.58. The van der Waals surface area contributed by atoms with E-state index in [2.05, 4.69) is 10.4 Å². The second kappa shape index (κ2) is 6.96. The Kier molecular flexibility index (Phi) is 5.01. The van der Waals surface area contributed by atoms with Gasteiger partial charge in [-0.2, -0.15) is 5.10 Å². The lowest BCUT2D eigenvalue weighted by Crippen LogP contribution is -2.24. The molecule has 0 bridgehead atoms. The molecule has 1 heterocycles. The van der Waals surface area contributed by atoms with Gasteiger partial charge in [0.2, 0.25) is 0 Å². The number of benzene rings is 1. The highest BCUT2D eigenvalue weighted by atomic mass is 35.5. The van der Waals surface area contributed by atoms with E-state index >= 15 is 0 Å². The number of halogens is 1. The lowest BCUT2D eigenvalue weighted by Gasteiger charge is -2.07. The fourth-order valence-corrected chi connectivity index (χ4v) is 1.77. The molecule has 0 spiro atoms. The summed E-state index contributed by atoms with van der Waals surface area (Å²) in [6, 6.07) is 8.86. The van der Waals surface area contributed by atoms with E-state index in [1.807, 2.05) is 19.1 Å². The molecule has 5 nitrogen and oxygen atoms in total. The van der Waals surface area contributed by atoms with Gasteiger partial charge in [0.05, 0.1) is 5.02 Å². The second-order valence-corrected chi connectivity index (χ2v) is 4.61. The van der Waals surface area contributed by atoms with Crippen molar-refractivity contribution in [3.8, 4) is 5.75 Å². The molecule has 0 atom stereocenters. The molecule has 0 saturated heterocycles. The van der Waals surface area contributed by atoms with Crippen LogP contribution in [0.15, 0.2) is 36.5 Å². The number of amides is 1. The quantitative estimate of drug-likeness (QED) is 0.891. The number of para-hydroxylation sites is 1. The summed E-state index contributed by atoms with van der Waals surface area (Å²) < 4.78 is 7.08. The number of rotatable bonds is 6. The molecule has 1 aromatic heterocycles. The minimum atomic E-state index is -0.177. The SMILES string of the molecule is CCCNC(=O)c1ccn(COc2ccccc2Cl)n1. The molecule has 1 aromatic carbocycles. The molecule has 0 saturated carbocycles. The van der Waals surface area contributed by atoms with Crippen molar-refractivity contribution >= 4 is 17.5 Å². The maximum atomic E-state index is 11.7. The number of nitrogens with one attached hydrogen (secondary N) is 1. The van der Waals surface area contributed by atoms with E-state index in [1.165, 1.54) is 0 Å². The van der Waals surface area contributed by atoms with Crippen molar-refractivity contribution in [3.63, 3.8) is 0 Å². The Labute approximate surface area is 122 Å². The van der Waals surface area contributed by atoms with Crippen molar-refractivity contribution in [1.29, 1.82) is 0 Å². The molecule has 0 radical (unpaired) electrons. The van der Waals surface area contributed by atoms with Gasteiger partial charge in [0, 0.05) is 12.7 Å². The van der Waals surface area contributed by atoms with E-state index in [-0.39, 0.29) is 12.6 Å². The second-order valence-electron chi connectivity index (χ2n) is 4.20. The highest BCUT2D eigenvalue weighted by molar-refractivity contribution is 6.32. The van der Waals surface area contributed by atoms with Gasteiger partial charge >= 0.3 is 0 Å². The van der Waals surface area contributed by atoms with E-state index in [0.29, 0.717) is 23.0 Å². The normalized spacial score (nSPS) is 10.3. The van der Waals surface area contributed by atoms with E-state index < -0.39 is 0 Å². The highest BCUT2D eigenvalue weighted by Gasteiger charge is 2.08. The first-order chi connectivity index (χ1) is 9.70. The molecule has 106 valence electrons. The summed E-state index contributed by atoms with van der Waals surface area (Å²) in [7, 11) is 0. The van der Waals surface area contributed by atoms with E-state index in [0.717, 1.165) is 6.42 Å². The van der Waals surface area contributed by atoms with Crippen LogP contribution < -0.4 is 10.1 Å². The zero-order valence-corrected chi connectivity index (χ0v) is 11.9. The topological polar surface area (TPSA) is 56.2 Å². The minimum Gasteiger partial charge on any atom is -0.470 e. The Balaban J connectivity index is 1.93. The molecule has 0 aliphatic rings. The van der Waals surface area contributed by atoms with Gasteiger partial charge in [0.1, 0.15) is 11.4 Å². The molecule has 2 aromatic rings. The van der Waals surface area contributed by atoms with Crippen LogP contribution in [0.25, 0.3) is 0 Å². The smallest absolute Gasteiger partial charge is 0.271 e. The third-order valence-corrected chi connectivity index (χ3v) is 2.91. The molecule has 1 amide bonds. The predicted octanol–water partition coefficient (Wildman–Crippen LogP) is 2.71. The lowest BCUT2D eigenvalue weighted by molar-refractivity contribution is 0.0946. The van der Waals surface area contributed by atoms with E-state index in [9.17, 15) is 4.79 Å². The highest BCUT2D eigenvalue weighted by Crippen LogP contribution is 2.23. The maximum absolute atomic E-state index is 11.7. The summed E-state index contributed by atoms with van der Waals surface area (Å²) in [5.41, 5.74) is 0.376. The Morgan fingerprint density at radius 3 is 2.95 bits per heavy atom. The fraction of sp³-hybridized carbons (Fsp3) is 0.286. The van der Waals surface area contributed by atoms with Crippen LogP contribution in [0.2, 0.25) is 5.02 Å². The van der Waals surface area contributed by atoms with Crippen LogP contribution in [0, 0.1) is 0 Å². The van der Waals surface area contributed by atoms with Crippen molar-refractivity contribution in [2.75, 3.05) is 6.54 Å². The Bertz CT molecular complexity index is 583. The van der Waals surface area contributed by atoms with Gasteiger partial charge in [-0.05, 0) is 24.6 Å². The van der Waals surface area contributed by atoms with Crippen LogP contribution in [0.1, 0.15) is 23.8 Å². The van der Waals surface area contributed by atoms with Gasteiger partial charge in [-0.25, -0.2) is 4.68 Å². The maximum Gasteiger partial charge on any atom is 0.271 e. The summed E-state index contributed by atoms with van der Waals surface area (Å²) >= 11 is 5.98. The van der Waals surface area contributed by atoms with Crippen molar-refractivity contribution in [2.24, 2.45) is 0 Å². The summed E-state index contributed by atoms with van der Waals surface area (Å²) in [4.78, 5) is 11.7. The number of nitrogens with zero attached hydrogens (tertiary/aromatic N) is 2. The molecule has 0 fully saturated rings. The molecule has 2 rings (SSSR count). The Hall–Kier alpha value is -2.01. The summed E-state index contributed by atoms with van der Waals surface area (Å²) in [5, 5.41) is 7.45. The van der Waals surface area contributed by atoms with Crippen LogP contribution in [0.4, 0.5) is 0 Å². The van der Waals surface area contributed by atoms with Crippen molar-refractivity contribution in [2.45, 2.75) is 20.1 Å². The van der Waals surface area contributed by atoms with Crippen molar-refractivity contribution in [3.05, 3.63) is 47.2 Å². The number of carbonyl (C=O) groups excluding carboxylic acids is 1. The Morgan fingerprint density at radius 1 is 1.40 bits per heavy atom. The number of carbonyl (C=O) groups is 1. The first-order valence-electron chi connectivity index (χ1n) is 6.39. The van der Waals surface area contributed by atoms with Gasteiger partial charge in [-0.15, -0.1) is 0 Å².